The predicted octanol–water partition coefficient (Wildman–Crippen LogP) is 2.05. The van der Waals surface area contributed by atoms with Gasteiger partial charge in [-0.2, -0.15) is 0 Å². The number of carbonyl (C=O) groups is 2. The van der Waals surface area contributed by atoms with Gasteiger partial charge in [-0.15, -0.1) is 11.3 Å². The highest BCUT2D eigenvalue weighted by Crippen LogP contribution is 2.15. The van der Waals surface area contributed by atoms with Crippen LogP contribution in [0.25, 0.3) is 0 Å². The molecule has 0 radical (unpaired) electrons. The summed E-state index contributed by atoms with van der Waals surface area (Å²) >= 11 is 1.29. The van der Waals surface area contributed by atoms with Crippen LogP contribution in [-0.2, 0) is 9.59 Å². The fourth-order valence-corrected chi connectivity index (χ4v) is 2.17. The highest BCUT2D eigenvalue weighted by Gasteiger charge is 2.20. The third kappa shape index (κ3) is 3.17. The molecule has 0 atom stereocenters. The van der Waals surface area contributed by atoms with Gasteiger partial charge in [-0.3, -0.25) is 14.9 Å². The number of likely N-dealkylation sites (N-methyl/N-ethyl adjacent to an activating group) is 1. The molecule has 0 spiro atoms. The number of aryl methyl sites for hydroxylation is 1. The first-order chi connectivity index (χ1) is 9.08. The Labute approximate surface area is 114 Å². The molecular weight excluding hydrogens is 262 g/mol. The van der Waals surface area contributed by atoms with Crippen LogP contribution >= 0.6 is 11.3 Å². The van der Waals surface area contributed by atoms with Crippen LogP contribution in [0.2, 0.25) is 0 Å². The number of carbonyl (C=O) groups excluding carboxylic acids is 2. The Morgan fingerprint density at radius 2 is 1.95 bits per heavy atom. The Kier molecular flexibility index (Phi) is 3.91. The second-order valence-electron chi connectivity index (χ2n) is 3.95. The van der Waals surface area contributed by atoms with E-state index in [0.29, 0.717) is 10.8 Å². The first-order valence-electron chi connectivity index (χ1n) is 5.64. The number of nitrogens with zero attached hydrogens (tertiary/aromatic N) is 2. The van der Waals surface area contributed by atoms with E-state index < -0.39 is 11.8 Å². The molecule has 5 nitrogen and oxygen atoms in total. The van der Waals surface area contributed by atoms with Crippen LogP contribution in [0, 0.1) is 6.92 Å². The van der Waals surface area contributed by atoms with Crippen molar-refractivity contribution in [1.29, 1.82) is 0 Å². The molecular formula is C13H13N3O2S. The van der Waals surface area contributed by atoms with Gasteiger partial charge in [-0.05, 0) is 19.1 Å². The molecule has 1 aromatic carbocycles. The molecule has 2 rings (SSSR count). The minimum atomic E-state index is -0.694. The summed E-state index contributed by atoms with van der Waals surface area (Å²) in [7, 11) is 1.56. The number of benzene rings is 1. The van der Waals surface area contributed by atoms with Crippen molar-refractivity contribution in [3.05, 3.63) is 41.4 Å². The molecule has 6 heteroatoms. The number of thiazole rings is 1. The van der Waals surface area contributed by atoms with Crippen molar-refractivity contribution in [2.45, 2.75) is 6.92 Å². The summed E-state index contributed by atoms with van der Waals surface area (Å²) < 4.78 is 0. The summed E-state index contributed by atoms with van der Waals surface area (Å²) in [6, 6.07) is 8.99. The van der Waals surface area contributed by atoms with Crippen molar-refractivity contribution < 1.29 is 9.59 Å². The van der Waals surface area contributed by atoms with Gasteiger partial charge in [-0.1, -0.05) is 18.2 Å². The van der Waals surface area contributed by atoms with Crippen molar-refractivity contribution in [3.63, 3.8) is 0 Å². The minimum absolute atomic E-state index is 0.428. The zero-order valence-corrected chi connectivity index (χ0v) is 11.4. The summed E-state index contributed by atoms with van der Waals surface area (Å²) in [5, 5.41) is 4.73. The number of para-hydroxylation sites is 1. The second-order valence-corrected chi connectivity index (χ2v) is 4.81. The normalized spacial score (nSPS) is 10.0. The first-order valence-corrected chi connectivity index (χ1v) is 6.52. The topological polar surface area (TPSA) is 62.3 Å². The van der Waals surface area contributed by atoms with E-state index in [-0.39, 0.29) is 0 Å². The van der Waals surface area contributed by atoms with Gasteiger partial charge in [0.15, 0.2) is 5.13 Å². The fourth-order valence-electron chi connectivity index (χ4n) is 1.48. The predicted molar refractivity (Wildman–Crippen MR) is 75.3 cm³/mol. The average molecular weight is 275 g/mol. The Morgan fingerprint density at radius 3 is 2.53 bits per heavy atom. The number of aromatic nitrogens is 1. The van der Waals surface area contributed by atoms with Gasteiger partial charge in [0.25, 0.3) is 0 Å². The van der Waals surface area contributed by atoms with Crippen molar-refractivity contribution in [3.8, 4) is 0 Å². The van der Waals surface area contributed by atoms with Gasteiger partial charge in [0.05, 0.1) is 5.69 Å². The van der Waals surface area contributed by atoms with Crippen LogP contribution < -0.4 is 10.2 Å². The SMILES string of the molecule is Cc1csc(NC(=O)C(=O)N(C)c2ccccc2)n1. The second kappa shape index (κ2) is 5.62. The van der Waals surface area contributed by atoms with Gasteiger partial charge in [-0.25, -0.2) is 4.98 Å². The highest BCUT2D eigenvalue weighted by molar-refractivity contribution is 7.14. The first kappa shape index (κ1) is 13.2. The van der Waals surface area contributed by atoms with E-state index in [0.717, 1.165) is 5.69 Å². The van der Waals surface area contributed by atoms with Crippen molar-refractivity contribution in [1.82, 2.24) is 4.98 Å². The lowest BCUT2D eigenvalue weighted by Crippen LogP contribution is -2.37. The molecule has 2 aromatic rings. The largest absolute Gasteiger partial charge is 0.316 e. The van der Waals surface area contributed by atoms with Crippen LogP contribution in [0.4, 0.5) is 10.8 Å². The number of anilines is 2. The molecule has 98 valence electrons. The quantitative estimate of drug-likeness (QED) is 0.853. The monoisotopic (exact) mass is 275 g/mol. The maximum Gasteiger partial charge on any atom is 0.316 e. The standard InChI is InChI=1S/C13H13N3O2S/c1-9-8-19-13(14-9)15-11(17)12(18)16(2)10-6-4-3-5-7-10/h3-8H,1-2H3,(H,14,15,17). The molecule has 0 aliphatic rings. The van der Waals surface area contributed by atoms with Gasteiger partial charge < -0.3 is 4.90 Å². The van der Waals surface area contributed by atoms with Gasteiger partial charge in [0, 0.05) is 18.1 Å². The lowest BCUT2D eigenvalue weighted by Gasteiger charge is -2.15. The zero-order chi connectivity index (χ0) is 13.8. The van der Waals surface area contributed by atoms with Crippen molar-refractivity contribution >= 4 is 34.0 Å². The molecule has 0 bridgehead atoms. The Bertz CT molecular complexity index is 595. The number of hydrogen-bond acceptors (Lipinski definition) is 4. The van der Waals surface area contributed by atoms with E-state index in [2.05, 4.69) is 10.3 Å². The van der Waals surface area contributed by atoms with E-state index in [9.17, 15) is 9.59 Å². The van der Waals surface area contributed by atoms with Crippen LogP contribution in [0.3, 0.4) is 0 Å². The van der Waals surface area contributed by atoms with Crippen LogP contribution in [-0.4, -0.2) is 23.8 Å². The number of hydrogen-bond donors (Lipinski definition) is 1. The van der Waals surface area contributed by atoms with E-state index in [1.165, 1.54) is 16.2 Å². The molecule has 0 saturated heterocycles. The summed E-state index contributed by atoms with van der Waals surface area (Å²) in [4.78, 5) is 29.1. The molecule has 1 heterocycles. The third-order valence-corrected chi connectivity index (χ3v) is 3.36. The number of nitrogens with one attached hydrogen (secondary N) is 1. The van der Waals surface area contributed by atoms with Crippen molar-refractivity contribution in [2.75, 3.05) is 17.3 Å². The van der Waals surface area contributed by atoms with Crippen LogP contribution in [0.5, 0.6) is 0 Å². The number of amides is 2. The van der Waals surface area contributed by atoms with Gasteiger partial charge >= 0.3 is 11.8 Å². The molecule has 0 aliphatic heterocycles. The molecule has 1 N–H and O–H groups in total. The Morgan fingerprint density at radius 1 is 1.26 bits per heavy atom. The Balaban J connectivity index is 2.05. The Hall–Kier alpha value is -2.21. The highest BCUT2D eigenvalue weighted by atomic mass is 32.1. The molecule has 1 aromatic heterocycles. The summed E-state index contributed by atoms with van der Waals surface area (Å²) in [6.07, 6.45) is 0. The zero-order valence-electron chi connectivity index (χ0n) is 10.6. The molecule has 2 amide bonds. The molecule has 19 heavy (non-hydrogen) atoms. The lowest BCUT2D eigenvalue weighted by molar-refractivity contribution is -0.134. The average Bonchev–Trinajstić information content (AvgIpc) is 2.83. The summed E-state index contributed by atoms with van der Waals surface area (Å²) in [6.45, 7) is 1.82. The van der Waals surface area contributed by atoms with Crippen LogP contribution in [0.15, 0.2) is 35.7 Å². The maximum atomic E-state index is 11.9. The van der Waals surface area contributed by atoms with Gasteiger partial charge in [0.1, 0.15) is 0 Å². The number of rotatable bonds is 2. The van der Waals surface area contributed by atoms with E-state index in [1.54, 1.807) is 36.7 Å². The smallest absolute Gasteiger partial charge is 0.307 e. The molecule has 0 aliphatic carbocycles. The minimum Gasteiger partial charge on any atom is -0.307 e. The fraction of sp³-hybridized carbons (Fsp3) is 0.154. The third-order valence-electron chi connectivity index (χ3n) is 2.48. The van der Waals surface area contributed by atoms with E-state index in [4.69, 9.17) is 0 Å². The molecule has 0 unspecified atom stereocenters. The maximum absolute atomic E-state index is 11.9. The lowest BCUT2D eigenvalue weighted by atomic mass is 10.3. The summed E-state index contributed by atoms with van der Waals surface area (Å²) in [5.74, 6) is -1.32. The van der Waals surface area contributed by atoms with Crippen LogP contribution in [0.1, 0.15) is 5.69 Å². The summed E-state index contributed by atoms with van der Waals surface area (Å²) in [5.41, 5.74) is 1.47. The molecule has 0 fully saturated rings. The van der Waals surface area contributed by atoms with E-state index in [1.807, 2.05) is 13.0 Å². The van der Waals surface area contributed by atoms with E-state index >= 15 is 0 Å². The molecule has 0 saturated carbocycles. The van der Waals surface area contributed by atoms with Crippen molar-refractivity contribution in [2.24, 2.45) is 0 Å². The van der Waals surface area contributed by atoms with Gasteiger partial charge in [0.2, 0.25) is 0 Å².